The van der Waals surface area contributed by atoms with Gasteiger partial charge in [-0.05, 0) is 26.3 Å². The number of hydrogen-bond acceptors (Lipinski definition) is 3. The van der Waals surface area contributed by atoms with E-state index in [9.17, 15) is 0 Å². The van der Waals surface area contributed by atoms with E-state index < -0.39 is 0 Å². The van der Waals surface area contributed by atoms with Crippen LogP contribution in [0.25, 0.3) is 0 Å². The van der Waals surface area contributed by atoms with Gasteiger partial charge in [0.2, 0.25) is 0 Å². The van der Waals surface area contributed by atoms with Gasteiger partial charge in [0, 0.05) is 25.7 Å². The van der Waals surface area contributed by atoms with Crippen molar-refractivity contribution in [3.63, 3.8) is 0 Å². The molecule has 0 aromatic rings. The lowest BCUT2D eigenvalue weighted by molar-refractivity contribution is 0.0676. The van der Waals surface area contributed by atoms with Gasteiger partial charge in [0.25, 0.3) is 0 Å². The summed E-state index contributed by atoms with van der Waals surface area (Å²) in [6, 6.07) is 0.532. The van der Waals surface area contributed by atoms with Crippen LogP contribution in [0, 0.1) is 0 Å². The van der Waals surface area contributed by atoms with Crippen molar-refractivity contribution in [2.45, 2.75) is 44.8 Å². The van der Waals surface area contributed by atoms with Crippen LogP contribution in [0.2, 0.25) is 0 Å². The Kier molecular flexibility index (Phi) is 5.45. The standard InChI is InChI=1S/C11H24N2O/c1-3-5-10(8-12)13(2)9-11-6-4-7-14-11/h10-11H,3-9,12H2,1-2H3. The summed E-state index contributed by atoms with van der Waals surface area (Å²) in [4.78, 5) is 2.36. The molecule has 0 aromatic heterocycles. The van der Waals surface area contributed by atoms with Crippen molar-refractivity contribution < 1.29 is 4.74 Å². The second kappa shape index (κ2) is 6.38. The van der Waals surface area contributed by atoms with E-state index in [4.69, 9.17) is 10.5 Å². The lowest BCUT2D eigenvalue weighted by Crippen LogP contribution is -2.41. The van der Waals surface area contributed by atoms with Gasteiger partial charge in [0.1, 0.15) is 0 Å². The molecule has 3 heteroatoms. The number of nitrogens with zero attached hydrogens (tertiary/aromatic N) is 1. The smallest absolute Gasteiger partial charge is 0.0702 e. The monoisotopic (exact) mass is 200 g/mol. The van der Waals surface area contributed by atoms with E-state index >= 15 is 0 Å². The average Bonchev–Trinajstić information content (AvgIpc) is 2.66. The third kappa shape index (κ3) is 3.56. The summed E-state index contributed by atoms with van der Waals surface area (Å²) in [5, 5.41) is 0. The highest BCUT2D eigenvalue weighted by Gasteiger charge is 2.20. The van der Waals surface area contributed by atoms with Crippen molar-refractivity contribution in [1.29, 1.82) is 0 Å². The first-order chi connectivity index (χ1) is 6.77. The molecule has 0 spiro atoms. The van der Waals surface area contributed by atoms with Gasteiger partial charge in [0.05, 0.1) is 6.10 Å². The van der Waals surface area contributed by atoms with Gasteiger partial charge in [-0.15, -0.1) is 0 Å². The highest BCUT2D eigenvalue weighted by atomic mass is 16.5. The Morgan fingerprint density at radius 3 is 2.86 bits per heavy atom. The van der Waals surface area contributed by atoms with Crippen molar-refractivity contribution in [1.82, 2.24) is 4.90 Å². The van der Waals surface area contributed by atoms with Gasteiger partial charge < -0.3 is 10.5 Å². The summed E-state index contributed by atoms with van der Waals surface area (Å²) in [6.45, 7) is 4.96. The van der Waals surface area contributed by atoms with Gasteiger partial charge in [0.15, 0.2) is 0 Å². The molecule has 14 heavy (non-hydrogen) atoms. The van der Waals surface area contributed by atoms with Crippen LogP contribution in [-0.4, -0.2) is 43.8 Å². The maximum Gasteiger partial charge on any atom is 0.0702 e. The first kappa shape index (κ1) is 12.0. The summed E-state index contributed by atoms with van der Waals surface area (Å²) < 4.78 is 5.61. The molecule has 3 nitrogen and oxygen atoms in total. The zero-order chi connectivity index (χ0) is 10.4. The molecule has 0 saturated carbocycles. The molecule has 1 fully saturated rings. The maximum atomic E-state index is 5.75. The van der Waals surface area contributed by atoms with Crippen molar-refractivity contribution in [2.24, 2.45) is 5.73 Å². The van der Waals surface area contributed by atoms with Crippen LogP contribution >= 0.6 is 0 Å². The summed E-state index contributed by atoms with van der Waals surface area (Å²) >= 11 is 0. The minimum Gasteiger partial charge on any atom is -0.377 e. The molecule has 2 unspecified atom stereocenters. The molecule has 1 aliphatic rings. The molecule has 1 heterocycles. The molecule has 1 saturated heterocycles. The Morgan fingerprint density at radius 1 is 1.57 bits per heavy atom. The summed E-state index contributed by atoms with van der Waals surface area (Å²) in [5.41, 5.74) is 5.75. The van der Waals surface area contributed by atoms with E-state index in [0.717, 1.165) is 19.7 Å². The van der Waals surface area contributed by atoms with E-state index in [-0.39, 0.29) is 0 Å². The van der Waals surface area contributed by atoms with E-state index in [2.05, 4.69) is 18.9 Å². The van der Waals surface area contributed by atoms with E-state index in [1.54, 1.807) is 0 Å². The maximum absolute atomic E-state index is 5.75. The third-order valence-electron chi connectivity index (χ3n) is 3.03. The third-order valence-corrected chi connectivity index (χ3v) is 3.03. The molecular formula is C11H24N2O. The zero-order valence-electron chi connectivity index (χ0n) is 9.54. The molecular weight excluding hydrogens is 176 g/mol. The van der Waals surface area contributed by atoms with E-state index in [1.165, 1.54) is 25.7 Å². The molecule has 0 radical (unpaired) electrons. The summed E-state index contributed by atoms with van der Waals surface area (Å²) in [6.07, 6.45) is 5.29. The Balaban J connectivity index is 2.26. The summed E-state index contributed by atoms with van der Waals surface area (Å²) in [7, 11) is 2.16. The topological polar surface area (TPSA) is 38.5 Å². The number of ether oxygens (including phenoxy) is 1. The van der Waals surface area contributed by atoms with Crippen molar-refractivity contribution in [2.75, 3.05) is 26.7 Å². The normalized spacial score (nSPS) is 24.4. The second-order valence-electron chi connectivity index (χ2n) is 4.25. The van der Waals surface area contributed by atoms with Crippen LogP contribution in [0.4, 0.5) is 0 Å². The molecule has 0 amide bonds. The van der Waals surface area contributed by atoms with Crippen molar-refractivity contribution in [3.05, 3.63) is 0 Å². The first-order valence-corrected chi connectivity index (χ1v) is 5.79. The largest absolute Gasteiger partial charge is 0.377 e. The SMILES string of the molecule is CCCC(CN)N(C)CC1CCCO1. The minimum atomic E-state index is 0.450. The van der Waals surface area contributed by atoms with Crippen LogP contribution in [0.15, 0.2) is 0 Å². The Labute approximate surface area is 87.6 Å². The highest BCUT2D eigenvalue weighted by Crippen LogP contribution is 2.14. The van der Waals surface area contributed by atoms with Crippen molar-refractivity contribution >= 4 is 0 Å². The number of hydrogen-bond donors (Lipinski definition) is 1. The molecule has 0 bridgehead atoms. The summed E-state index contributed by atoms with van der Waals surface area (Å²) in [5.74, 6) is 0. The quantitative estimate of drug-likeness (QED) is 0.701. The predicted molar refractivity (Wildman–Crippen MR) is 59.4 cm³/mol. The Morgan fingerprint density at radius 2 is 2.36 bits per heavy atom. The fourth-order valence-corrected chi connectivity index (χ4v) is 2.11. The van der Waals surface area contributed by atoms with E-state index in [1.807, 2.05) is 0 Å². The molecule has 1 aliphatic heterocycles. The van der Waals surface area contributed by atoms with Crippen molar-refractivity contribution in [3.8, 4) is 0 Å². The fourth-order valence-electron chi connectivity index (χ4n) is 2.11. The number of nitrogens with two attached hydrogens (primary N) is 1. The van der Waals surface area contributed by atoms with Gasteiger partial charge in [-0.1, -0.05) is 13.3 Å². The Bertz CT molecular complexity index is 146. The molecule has 2 N–H and O–H groups in total. The van der Waals surface area contributed by atoms with Gasteiger partial charge in [-0.3, -0.25) is 4.90 Å². The minimum absolute atomic E-state index is 0.450. The molecule has 2 atom stereocenters. The van der Waals surface area contributed by atoms with Crippen LogP contribution in [0.5, 0.6) is 0 Å². The number of rotatable bonds is 6. The second-order valence-corrected chi connectivity index (χ2v) is 4.25. The van der Waals surface area contributed by atoms with E-state index in [0.29, 0.717) is 12.1 Å². The molecule has 84 valence electrons. The van der Waals surface area contributed by atoms with Crippen LogP contribution in [-0.2, 0) is 4.74 Å². The zero-order valence-corrected chi connectivity index (χ0v) is 9.54. The lowest BCUT2D eigenvalue weighted by Gasteiger charge is -2.28. The lowest BCUT2D eigenvalue weighted by atomic mass is 10.1. The van der Waals surface area contributed by atoms with Gasteiger partial charge in [-0.25, -0.2) is 0 Å². The van der Waals surface area contributed by atoms with Crippen LogP contribution in [0.1, 0.15) is 32.6 Å². The van der Waals surface area contributed by atoms with Gasteiger partial charge in [-0.2, -0.15) is 0 Å². The fraction of sp³-hybridized carbons (Fsp3) is 1.00. The van der Waals surface area contributed by atoms with Gasteiger partial charge >= 0.3 is 0 Å². The molecule has 1 rings (SSSR count). The van der Waals surface area contributed by atoms with Crippen LogP contribution < -0.4 is 5.73 Å². The Hall–Kier alpha value is -0.120. The first-order valence-electron chi connectivity index (χ1n) is 5.79. The number of likely N-dealkylation sites (N-methyl/N-ethyl adjacent to an activating group) is 1. The van der Waals surface area contributed by atoms with Crippen LogP contribution in [0.3, 0.4) is 0 Å². The molecule has 0 aliphatic carbocycles. The average molecular weight is 200 g/mol. The highest BCUT2D eigenvalue weighted by molar-refractivity contribution is 4.74. The predicted octanol–water partition coefficient (Wildman–Crippen LogP) is 1.22. The molecule has 0 aromatic carbocycles.